The Labute approximate surface area is 99.7 Å². The Bertz CT molecular complexity index is 204. The van der Waals surface area contributed by atoms with E-state index in [1.165, 1.54) is 12.8 Å². The third kappa shape index (κ3) is 8.48. The lowest BCUT2D eigenvalue weighted by molar-refractivity contribution is -0.121. The van der Waals surface area contributed by atoms with E-state index < -0.39 is 0 Å². The van der Waals surface area contributed by atoms with E-state index in [4.69, 9.17) is 0 Å². The van der Waals surface area contributed by atoms with Crippen molar-refractivity contribution in [2.24, 2.45) is 0 Å². The summed E-state index contributed by atoms with van der Waals surface area (Å²) < 4.78 is 0. The number of amides is 1. The largest absolute Gasteiger partial charge is 0.359 e. The molecule has 0 aromatic carbocycles. The molecule has 0 aliphatic heterocycles. The minimum Gasteiger partial charge on any atom is -0.359 e. The number of hydrogen-bond acceptors (Lipinski definition) is 2. The summed E-state index contributed by atoms with van der Waals surface area (Å²) in [6.45, 7) is 7.93. The summed E-state index contributed by atoms with van der Waals surface area (Å²) in [5, 5.41) is 6.07. The second kappa shape index (κ2) is 9.40. The molecule has 0 aromatic heterocycles. The van der Waals surface area contributed by atoms with Crippen molar-refractivity contribution in [2.75, 3.05) is 7.05 Å². The standard InChI is InChI=1S/C13H26N2O/c1-5-6-7-8-9-11(2)15-12(3)10-13(16)14-4/h5,11-12,15H,1,6-10H2,2-4H3,(H,14,16). The minimum absolute atomic E-state index is 0.0962. The fourth-order valence-electron chi connectivity index (χ4n) is 1.75. The molecule has 0 saturated carbocycles. The summed E-state index contributed by atoms with van der Waals surface area (Å²) in [7, 11) is 1.67. The molecule has 94 valence electrons. The van der Waals surface area contributed by atoms with Crippen LogP contribution in [0.2, 0.25) is 0 Å². The van der Waals surface area contributed by atoms with Crippen molar-refractivity contribution in [3.63, 3.8) is 0 Å². The van der Waals surface area contributed by atoms with Gasteiger partial charge in [-0.25, -0.2) is 0 Å². The number of carbonyl (C=O) groups is 1. The first-order valence-electron chi connectivity index (χ1n) is 6.17. The molecule has 2 N–H and O–H groups in total. The highest BCUT2D eigenvalue weighted by atomic mass is 16.1. The molecule has 3 heteroatoms. The van der Waals surface area contributed by atoms with Crippen molar-refractivity contribution >= 4 is 5.91 Å². The monoisotopic (exact) mass is 226 g/mol. The number of nitrogens with one attached hydrogen (secondary N) is 2. The lowest BCUT2D eigenvalue weighted by Gasteiger charge is -2.19. The maximum Gasteiger partial charge on any atom is 0.221 e. The molecule has 0 saturated heterocycles. The summed E-state index contributed by atoms with van der Waals surface area (Å²) in [5.74, 6) is 0.0962. The van der Waals surface area contributed by atoms with Crippen LogP contribution in [0.1, 0.15) is 46.0 Å². The Morgan fingerprint density at radius 3 is 2.56 bits per heavy atom. The van der Waals surface area contributed by atoms with Gasteiger partial charge in [-0.05, 0) is 33.1 Å². The van der Waals surface area contributed by atoms with Crippen LogP contribution >= 0.6 is 0 Å². The molecule has 1 amide bonds. The molecular weight excluding hydrogens is 200 g/mol. The van der Waals surface area contributed by atoms with E-state index in [0.717, 1.165) is 12.8 Å². The van der Waals surface area contributed by atoms with E-state index in [0.29, 0.717) is 12.5 Å². The molecule has 0 rings (SSSR count). The smallest absolute Gasteiger partial charge is 0.221 e. The number of carbonyl (C=O) groups excluding carboxylic acids is 1. The van der Waals surface area contributed by atoms with Crippen molar-refractivity contribution < 1.29 is 4.79 Å². The van der Waals surface area contributed by atoms with Crippen LogP contribution in [0.15, 0.2) is 12.7 Å². The zero-order valence-corrected chi connectivity index (χ0v) is 10.9. The average Bonchev–Trinajstić information content (AvgIpc) is 2.24. The quantitative estimate of drug-likeness (QED) is 0.467. The van der Waals surface area contributed by atoms with Gasteiger partial charge in [0.15, 0.2) is 0 Å². The van der Waals surface area contributed by atoms with Crippen LogP contribution in [0.4, 0.5) is 0 Å². The van der Waals surface area contributed by atoms with Crippen molar-refractivity contribution in [1.82, 2.24) is 10.6 Å². The second-order valence-electron chi connectivity index (χ2n) is 4.42. The third-order valence-corrected chi connectivity index (χ3v) is 2.63. The zero-order chi connectivity index (χ0) is 12.4. The van der Waals surface area contributed by atoms with E-state index in [-0.39, 0.29) is 11.9 Å². The number of allylic oxidation sites excluding steroid dienone is 1. The highest BCUT2D eigenvalue weighted by molar-refractivity contribution is 5.76. The van der Waals surface area contributed by atoms with E-state index >= 15 is 0 Å². The molecule has 0 aromatic rings. The topological polar surface area (TPSA) is 41.1 Å². The lowest BCUT2D eigenvalue weighted by atomic mass is 10.1. The molecular formula is C13H26N2O. The highest BCUT2D eigenvalue weighted by Gasteiger charge is 2.10. The Morgan fingerprint density at radius 1 is 1.31 bits per heavy atom. The van der Waals surface area contributed by atoms with Crippen LogP contribution in [0.5, 0.6) is 0 Å². The molecule has 0 aliphatic carbocycles. The van der Waals surface area contributed by atoms with Crippen LogP contribution in [-0.2, 0) is 4.79 Å². The van der Waals surface area contributed by atoms with Crippen molar-refractivity contribution in [3.05, 3.63) is 12.7 Å². The summed E-state index contributed by atoms with van der Waals surface area (Å²) in [6.07, 6.45) is 7.19. The molecule has 0 bridgehead atoms. The van der Waals surface area contributed by atoms with Gasteiger partial charge in [-0.15, -0.1) is 6.58 Å². The van der Waals surface area contributed by atoms with E-state index in [1.807, 2.05) is 6.08 Å². The van der Waals surface area contributed by atoms with E-state index in [9.17, 15) is 4.79 Å². The maximum absolute atomic E-state index is 11.1. The van der Waals surface area contributed by atoms with E-state index in [2.05, 4.69) is 31.1 Å². The molecule has 2 atom stereocenters. The molecule has 0 spiro atoms. The molecule has 0 heterocycles. The molecule has 0 aliphatic rings. The molecule has 3 nitrogen and oxygen atoms in total. The first-order valence-corrected chi connectivity index (χ1v) is 6.17. The number of unbranched alkanes of at least 4 members (excludes halogenated alkanes) is 2. The molecule has 16 heavy (non-hydrogen) atoms. The number of hydrogen-bond donors (Lipinski definition) is 2. The van der Waals surface area contributed by atoms with Gasteiger partial charge >= 0.3 is 0 Å². The SMILES string of the molecule is C=CCCCCC(C)NC(C)CC(=O)NC. The van der Waals surface area contributed by atoms with Crippen molar-refractivity contribution in [3.8, 4) is 0 Å². The van der Waals surface area contributed by atoms with Crippen LogP contribution in [0.3, 0.4) is 0 Å². The molecule has 2 unspecified atom stereocenters. The van der Waals surface area contributed by atoms with Gasteiger partial charge in [0.25, 0.3) is 0 Å². The molecule has 0 fully saturated rings. The second-order valence-corrected chi connectivity index (χ2v) is 4.42. The first-order chi connectivity index (χ1) is 7.60. The Morgan fingerprint density at radius 2 is 2.00 bits per heavy atom. The van der Waals surface area contributed by atoms with Gasteiger partial charge in [0.1, 0.15) is 0 Å². The predicted molar refractivity (Wildman–Crippen MR) is 69.4 cm³/mol. The first kappa shape index (κ1) is 15.2. The van der Waals surface area contributed by atoms with Gasteiger partial charge in [-0.2, -0.15) is 0 Å². The fourth-order valence-corrected chi connectivity index (χ4v) is 1.75. The lowest BCUT2D eigenvalue weighted by Crippen LogP contribution is -2.37. The highest BCUT2D eigenvalue weighted by Crippen LogP contribution is 2.05. The van der Waals surface area contributed by atoms with Gasteiger partial charge in [0.05, 0.1) is 0 Å². The minimum atomic E-state index is 0.0962. The normalized spacial score (nSPS) is 14.2. The third-order valence-electron chi connectivity index (χ3n) is 2.63. The van der Waals surface area contributed by atoms with Crippen LogP contribution in [0.25, 0.3) is 0 Å². The maximum atomic E-state index is 11.1. The van der Waals surface area contributed by atoms with Crippen LogP contribution < -0.4 is 10.6 Å². The van der Waals surface area contributed by atoms with Gasteiger partial charge < -0.3 is 10.6 Å². The van der Waals surface area contributed by atoms with Crippen LogP contribution in [0, 0.1) is 0 Å². The van der Waals surface area contributed by atoms with Gasteiger partial charge in [0, 0.05) is 25.6 Å². The fraction of sp³-hybridized carbons (Fsp3) is 0.769. The van der Waals surface area contributed by atoms with E-state index in [1.54, 1.807) is 7.05 Å². The Kier molecular flexibility index (Phi) is 8.91. The Balaban J connectivity index is 3.57. The predicted octanol–water partition coefficient (Wildman–Crippen LogP) is 2.24. The number of rotatable bonds is 9. The summed E-state index contributed by atoms with van der Waals surface area (Å²) >= 11 is 0. The van der Waals surface area contributed by atoms with Gasteiger partial charge in [-0.1, -0.05) is 12.5 Å². The van der Waals surface area contributed by atoms with Crippen molar-refractivity contribution in [1.29, 1.82) is 0 Å². The van der Waals surface area contributed by atoms with Crippen LogP contribution in [-0.4, -0.2) is 25.0 Å². The zero-order valence-electron chi connectivity index (χ0n) is 10.9. The van der Waals surface area contributed by atoms with Gasteiger partial charge in [0.2, 0.25) is 5.91 Å². The average molecular weight is 226 g/mol. The Hall–Kier alpha value is -0.830. The summed E-state index contributed by atoms with van der Waals surface area (Å²) in [6, 6.07) is 0.721. The molecule has 0 radical (unpaired) electrons. The van der Waals surface area contributed by atoms with Crippen molar-refractivity contribution in [2.45, 2.75) is 58.0 Å². The van der Waals surface area contributed by atoms with Gasteiger partial charge in [-0.3, -0.25) is 4.79 Å². The summed E-state index contributed by atoms with van der Waals surface area (Å²) in [5.41, 5.74) is 0. The summed E-state index contributed by atoms with van der Waals surface area (Å²) in [4.78, 5) is 11.1.